The molecule has 1 atom stereocenters. The number of rotatable bonds is 9. The van der Waals surface area contributed by atoms with Crippen molar-refractivity contribution < 1.29 is 9.47 Å². The van der Waals surface area contributed by atoms with Gasteiger partial charge in [-0.15, -0.1) is 0 Å². The molecule has 1 aromatic carbocycles. The second-order valence-electron chi connectivity index (χ2n) is 8.03. The fourth-order valence-electron chi connectivity index (χ4n) is 4.18. The molecule has 162 valence electrons. The van der Waals surface area contributed by atoms with Gasteiger partial charge in [0.25, 0.3) is 0 Å². The zero-order valence-corrected chi connectivity index (χ0v) is 18.2. The van der Waals surface area contributed by atoms with E-state index >= 15 is 0 Å². The van der Waals surface area contributed by atoms with Crippen LogP contribution in [0, 0.1) is 5.92 Å². The SMILES string of the molecule is CCNC(=NCC1CCN(c2ccccc2)C1)N1CCC(OCCCOC)CC1. The largest absolute Gasteiger partial charge is 0.385 e. The number of para-hydroxylation sites is 1. The summed E-state index contributed by atoms with van der Waals surface area (Å²) in [6.45, 7) is 9.80. The van der Waals surface area contributed by atoms with Gasteiger partial charge in [0.15, 0.2) is 5.96 Å². The van der Waals surface area contributed by atoms with Crippen LogP contribution in [0.5, 0.6) is 0 Å². The molecule has 2 aliphatic heterocycles. The molecular weight excluding hydrogens is 364 g/mol. The Morgan fingerprint density at radius 3 is 2.62 bits per heavy atom. The van der Waals surface area contributed by atoms with Crippen LogP contribution in [0.1, 0.15) is 32.6 Å². The topological polar surface area (TPSA) is 49.3 Å². The van der Waals surface area contributed by atoms with Crippen LogP contribution >= 0.6 is 0 Å². The van der Waals surface area contributed by atoms with Gasteiger partial charge in [0.1, 0.15) is 0 Å². The van der Waals surface area contributed by atoms with Crippen molar-refractivity contribution in [2.45, 2.75) is 38.7 Å². The molecule has 0 aliphatic carbocycles. The number of benzene rings is 1. The highest BCUT2D eigenvalue weighted by Gasteiger charge is 2.24. The Morgan fingerprint density at radius 1 is 1.10 bits per heavy atom. The summed E-state index contributed by atoms with van der Waals surface area (Å²) in [5, 5.41) is 3.50. The fraction of sp³-hybridized carbons (Fsp3) is 0.696. The van der Waals surface area contributed by atoms with Crippen molar-refractivity contribution in [3.05, 3.63) is 30.3 Å². The number of aliphatic imine (C=N–C) groups is 1. The quantitative estimate of drug-likeness (QED) is 0.391. The number of nitrogens with zero attached hydrogens (tertiary/aromatic N) is 3. The average Bonchev–Trinajstić information content (AvgIpc) is 3.24. The summed E-state index contributed by atoms with van der Waals surface area (Å²) >= 11 is 0. The molecule has 29 heavy (non-hydrogen) atoms. The summed E-state index contributed by atoms with van der Waals surface area (Å²) in [6, 6.07) is 10.7. The van der Waals surface area contributed by atoms with Gasteiger partial charge < -0.3 is 24.6 Å². The molecule has 6 nitrogen and oxygen atoms in total. The maximum Gasteiger partial charge on any atom is 0.193 e. The van der Waals surface area contributed by atoms with Crippen molar-refractivity contribution in [2.24, 2.45) is 10.9 Å². The number of methoxy groups -OCH3 is 1. The van der Waals surface area contributed by atoms with Crippen LogP contribution in [-0.2, 0) is 9.47 Å². The summed E-state index contributed by atoms with van der Waals surface area (Å²) in [7, 11) is 1.74. The van der Waals surface area contributed by atoms with E-state index in [9.17, 15) is 0 Å². The van der Waals surface area contributed by atoms with E-state index in [-0.39, 0.29) is 0 Å². The van der Waals surface area contributed by atoms with Gasteiger partial charge >= 0.3 is 0 Å². The number of nitrogens with one attached hydrogen (secondary N) is 1. The minimum atomic E-state index is 0.375. The van der Waals surface area contributed by atoms with Gasteiger partial charge in [-0.05, 0) is 50.7 Å². The van der Waals surface area contributed by atoms with Crippen molar-refractivity contribution in [1.29, 1.82) is 0 Å². The number of likely N-dealkylation sites (tertiary alicyclic amines) is 1. The Kier molecular flexibility index (Phi) is 9.09. The van der Waals surface area contributed by atoms with Crippen LogP contribution in [0.15, 0.2) is 35.3 Å². The zero-order chi connectivity index (χ0) is 20.3. The summed E-state index contributed by atoms with van der Waals surface area (Å²) < 4.78 is 11.1. The number of piperidine rings is 1. The van der Waals surface area contributed by atoms with Gasteiger partial charge in [0.05, 0.1) is 6.10 Å². The van der Waals surface area contributed by atoms with E-state index in [1.54, 1.807) is 7.11 Å². The first-order valence-electron chi connectivity index (χ1n) is 11.2. The van der Waals surface area contributed by atoms with E-state index < -0.39 is 0 Å². The molecule has 6 heteroatoms. The lowest BCUT2D eigenvalue weighted by molar-refractivity contribution is 0.00990. The summed E-state index contributed by atoms with van der Waals surface area (Å²) in [6.07, 6.45) is 4.71. The van der Waals surface area contributed by atoms with Crippen molar-refractivity contribution >= 4 is 11.6 Å². The lowest BCUT2D eigenvalue weighted by Gasteiger charge is -2.34. The van der Waals surface area contributed by atoms with Gasteiger partial charge in [-0.1, -0.05) is 18.2 Å². The molecule has 0 aromatic heterocycles. The molecule has 2 saturated heterocycles. The first kappa shape index (κ1) is 21.9. The Bertz CT molecular complexity index is 602. The third-order valence-electron chi connectivity index (χ3n) is 5.83. The highest BCUT2D eigenvalue weighted by Crippen LogP contribution is 2.23. The first-order valence-corrected chi connectivity index (χ1v) is 11.2. The maximum atomic E-state index is 6.00. The second kappa shape index (κ2) is 12.0. The summed E-state index contributed by atoms with van der Waals surface area (Å²) in [5.41, 5.74) is 1.33. The monoisotopic (exact) mass is 402 g/mol. The van der Waals surface area contributed by atoms with Crippen LogP contribution in [0.25, 0.3) is 0 Å². The van der Waals surface area contributed by atoms with Gasteiger partial charge in [0.2, 0.25) is 0 Å². The lowest BCUT2D eigenvalue weighted by Crippen LogP contribution is -2.47. The van der Waals surface area contributed by atoms with E-state index in [1.165, 1.54) is 12.1 Å². The molecule has 0 radical (unpaired) electrons. The molecule has 2 aliphatic rings. The van der Waals surface area contributed by atoms with Crippen LogP contribution < -0.4 is 10.2 Å². The van der Waals surface area contributed by atoms with Crippen molar-refractivity contribution in [2.75, 3.05) is 64.5 Å². The molecule has 1 aromatic rings. The molecule has 0 spiro atoms. The third-order valence-corrected chi connectivity index (χ3v) is 5.83. The molecule has 3 rings (SSSR count). The van der Waals surface area contributed by atoms with E-state index in [0.717, 1.165) is 77.7 Å². The van der Waals surface area contributed by atoms with Crippen LogP contribution in [0.2, 0.25) is 0 Å². The average molecular weight is 403 g/mol. The molecule has 0 bridgehead atoms. The highest BCUT2D eigenvalue weighted by atomic mass is 16.5. The second-order valence-corrected chi connectivity index (χ2v) is 8.03. The molecule has 1 unspecified atom stereocenters. The van der Waals surface area contributed by atoms with Gasteiger partial charge in [-0.2, -0.15) is 0 Å². The van der Waals surface area contributed by atoms with E-state index in [2.05, 4.69) is 52.4 Å². The Balaban J connectivity index is 1.44. The number of hydrogen-bond donors (Lipinski definition) is 1. The maximum absolute atomic E-state index is 6.00. The normalized spacial score (nSPS) is 21.0. The minimum Gasteiger partial charge on any atom is -0.385 e. The smallest absolute Gasteiger partial charge is 0.193 e. The fourth-order valence-corrected chi connectivity index (χ4v) is 4.18. The first-order chi connectivity index (χ1) is 14.3. The van der Waals surface area contributed by atoms with E-state index in [0.29, 0.717) is 12.0 Å². The van der Waals surface area contributed by atoms with Gasteiger partial charge in [-0.3, -0.25) is 4.99 Å². The van der Waals surface area contributed by atoms with E-state index in [1.807, 2.05) is 0 Å². The number of ether oxygens (including phenoxy) is 2. The van der Waals surface area contributed by atoms with Gasteiger partial charge in [-0.25, -0.2) is 0 Å². The van der Waals surface area contributed by atoms with Crippen LogP contribution in [0.4, 0.5) is 5.69 Å². The van der Waals surface area contributed by atoms with Crippen molar-refractivity contribution in [3.63, 3.8) is 0 Å². The summed E-state index contributed by atoms with van der Waals surface area (Å²) in [4.78, 5) is 9.90. The minimum absolute atomic E-state index is 0.375. The zero-order valence-electron chi connectivity index (χ0n) is 18.2. The number of anilines is 1. The number of guanidine groups is 1. The predicted molar refractivity (Wildman–Crippen MR) is 120 cm³/mol. The lowest BCUT2D eigenvalue weighted by atomic mass is 10.1. The molecule has 0 saturated carbocycles. The third kappa shape index (κ3) is 6.89. The van der Waals surface area contributed by atoms with Crippen molar-refractivity contribution in [3.8, 4) is 0 Å². The Labute approximate surface area is 176 Å². The summed E-state index contributed by atoms with van der Waals surface area (Å²) in [5.74, 6) is 1.70. The molecule has 0 amide bonds. The van der Waals surface area contributed by atoms with Crippen molar-refractivity contribution in [1.82, 2.24) is 10.2 Å². The molecule has 1 N–H and O–H groups in total. The van der Waals surface area contributed by atoms with Gasteiger partial charge in [0, 0.05) is 65.3 Å². The Hall–Kier alpha value is -1.79. The van der Waals surface area contributed by atoms with E-state index in [4.69, 9.17) is 14.5 Å². The Morgan fingerprint density at radius 2 is 1.90 bits per heavy atom. The van der Waals surface area contributed by atoms with Crippen LogP contribution in [0.3, 0.4) is 0 Å². The standard InChI is InChI=1S/C23H38N4O2/c1-3-24-23(26-14-11-22(12-15-26)29-17-7-16-28-2)25-18-20-10-13-27(19-20)21-8-5-4-6-9-21/h4-6,8-9,20,22H,3,7,10-19H2,1-2H3,(H,24,25). The number of hydrogen-bond acceptors (Lipinski definition) is 4. The van der Waals surface area contributed by atoms with Crippen LogP contribution in [-0.4, -0.2) is 76.6 Å². The highest BCUT2D eigenvalue weighted by molar-refractivity contribution is 5.80. The molecule has 2 fully saturated rings. The molecule has 2 heterocycles. The molecular formula is C23H38N4O2. The predicted octanol–water partition coefficient (Wildman–Crippen LogP) is 3.00.